The first-order valence-electron chi connectivity index (χ1n) is 12.5. The molecule has 1 amide bonds. The molecule has 6 N–H and O–H groups in total. The molecule has 11 nitrogen and oxygen atoms in total. The molecule has 0 aliphatic heterocycles. The van der Waals surface area contributed by atoms with Crippen LogP contribution in [0.4, 0.5) is 0 Å². The lowest BCUT2D eigenvalue weighted by Gasteiger charge is -2.50. The maximum atomic E-state index is 13.9. The van der Waals surface area contributed by atoms with E-state index in [1.807, 2.05) is 0 Å². The van der Waals surface area contributed by atoms with Crippen LogP contribution in [0.15, 0.2) is 53.0 Å². The predicted octanol–water partition coefficient (Wildman–Crippen LogP) is 1.61. The molecule has 4 atom stereocenters. The Morgan fingerprint density at radius 3 is 2.45 bits per heavy atom. The number of primary amides is 1. The lowest BCUT2D eigenvalue weighted by atomic mass is 9.58. The second kappa shape index (κ2) is 9.32. The van der Waals surface area contributed by atoms with Crippen LogP contribution in [-0.4, -0.2) is 81.9 Å². The number of allylic oxidation sites excluding steroid dienone is 1. The molecule has 0 bridgehead atoms. The van der Waals surface area contributed by atoms with Gasteiger partial charge in [-0.3, -0.25) is 24.1 Å². The number of nitrogens with two attached hydrogens (primary N) is 1. The summed E-state index contributed by atoms with van der Waals surface area (Å²) in [6.07, 6.45) is 0.743. The van der Waals surface area contributed by atoms with Crippen molar-refractivity contribution in [3.8, 4) is 22.6 Å². The largest absolute Gasteiger partial charge is 0.510 e. The molecule has 0 spiro atoms. The number of rotatable bonds is 5. The van der Waals surface area contributed by atoms with Crippen molar-refractivity contribution >= 4 is 23.8 Å². The van der Waals surface area contributed by atoms with Crippen molar-refractivity contribution in [2.24, 2.45) is 17.6 Å². The standard InChI is InChI=1S/C29H28N2O9/c1-31(2)23-17-10-13-9-16-15(12-4-7-19(40-3)14(8-12)11-32)5-6-18(33)21(16)24(34)20(13)26(36)29(17,39)27(37)22(25(23)35)28(30)38/h4-8,11,13,17,23,33,35-36,39H,9-10H2,1-3H3,(H2,30,38)/t13-,17-,23-,29-/m1/s1. The highest BCUT2D eigenvalue weighted by atomic mass is 16.5. The van der Waals surface area contributed by atoms with Crippen LogP contribution in [0, 0.1) is 11.8 Å². The van der Waals surface area contributed by atoms with E-state index >= 15 is 0 Å². The zero-order valence-corrected chi connectivity index (χ0v) is 22.0. The van der Waals surface area contributed by atoms with Gasteiger partial charge in [0, 0.05) is 11.5 Å². The van der Waals surface area contributed by atoms with Crippen LogP contribution in [0.25, 0.3) is 11.1 Å². The predicted molar refractivity (Wildman–Crippen MR) is 141 cm³/mol. The minimum Gasteiger partial charge on any atom is -0.510 e. The number of methoxy groups -OCH3 is 1. The maximum absolute atomic E-state index is 13.9. The number of nitrogens with zero attached hydrogens (tertiary/aromatic N) is 1. The van der Waals surface area contributed by atoms with Gasteiger partial charge in [-0.15, -0.1) is 0 Å². The molecule has 0 unspecified atom stereocenters. The third-order valence-electron chi connectivity index (χ3n) is 8.27. The molecule has 0 saturated carbocycles. The van der Waals surface area contributed by atoms with Crippen molar-refractivity contribution in [3.63, 3.8) is 0 Å². The third-order valence-corrected chi connectivity index (χ3v) is 8.27. The van der Waals surface area contributed by atoms with Crippen molar-refractivity contribution in [1.29, 1.82) is 0 Å². The molecule has 5 rings (SSSR count). The smallest absolute Gasteiger partial charge is 0.255 e. The van der Waals surface area contributed by atoms with Gasteiger partial charge in [-0.2, -0.15) is 0 Å². The number of phenols is 1. The van der Waals surface area contributed by atoms with E-state index in [0.29, 0.717) is 28.7 Å². The Bertz CT molecular complexity index is 1570. The molecule has 3 aliphatic rings. The summed E-state index contributed by atoms with van der Waals surface area (Å²) in [6.45, 7) is 0. The summed E-state index contributed by atoms with van der Waals surface area (Å²) >= 11 is 0. The Hall–Kier alpha value is -4.48. The quantitative estimate of drug-likeness (QED) is 0.271. The first kappa shape index (κ1) is 27.1. The summed E-state index contributed by atoms with van der Waals surface area (Å²) in [5, 5.41) is 44.7. The zero-order valence-electron chi connectivity index (χ0n) is 22.0. The number of aliphatic hydroxyl groups excluding tert-OH is 2. The van der Waals surface area contributed by atoms with Crippen LogP contribution >= 0.6 is 0 Å². The van der Waals surface area contributed by atoms with Gasteiger partial charge >= 0.3 is 0 Å². The number of hydrogen-bond donors (Lipinski definition) is 5. The fourth-order valence-corrected chi connectivity index (χ4v) is 6.52. The van der Waals surface area contributed by atoms with E-state index in [0.717, 1.165) is 0 Å². The number of Topliss-reactive ketones (excluding diaryl/α,β-unsaturated/α-hetero) is 2. The summed E-state index contributed by atoms with van der Waals surface area (Å²) in [5.41, 5.74) is 3.34. The van der Waals surface area contributed by atoms with Crippen LogP contribution < -0.4 is 10.5 Å². The molecular formula is C29H28N2O9. The van der Waals surface area contributed by atoms with E-state index in [4.69, 9.17) is 10.5 Å². The number of fused-ring (bicyclic) bond motifs is 3. The lowest BCUT2D eigenvalue weighted by molar-refractivity contribution is -0.148. The van der Waals surface area contributed by atoms with E-state index in [1.165, 1.54) is 18.1 Å². The van der Waals surface area contributed by atoms with Gasteiger partial charge in [-0.05, 0) is 67.7 Å². The van der Waals surface area contributed by atoms with E-state index in [9.17, 15) is 39.6 Å². The van der Waals surface area contributed by atoms with Gasteiger partial charge in [0.05, 0.1) is 24.3 Å². The monoisotopic (exact) mass is 548 g/mol. The fraction of sp³-hybridized carbons (Fsp3) is 0.310. The zero-order chi connectivity index (χ0) is 29.3. The molecule has 0 saturated heterocycles. The first-order chi connectivity index (χ1) is 18.9. The van der Waals surface area contributed by atoms with Gasteiger partial charge < -0.3 is 30.9 Å². The lowest BCUT2D eigenvalue weighted by Crippen LogP contribution is -2.63. The maximum Gasteiger partial charge on any atom is 0.255 e. The number of benzene rings is 2. The Morgan fingerprint density at radius 1 is 1.15 bits per heavy atom. The number of ether oxygens (including phenoxy) is 1. The van der Waals surface area contributed by atoms with E-state index in [-0.39, 0.29) is 35.3 Å². The first-order valence-corrected chi connectivity index (χ1v) is 12.5. The number of carbonyl (C=O) groups is 4. The van der Waals surface area contributed by atoms with Crippen molar-refractivity contribution < 1.29 is 44.3 Å². The van der Waals surface area contributed by atoms with Crippen LogP contribution in [0.3, 0.4) is 0 Å². The Labute approximate surface area is 228 Å². The molecular weight excluding hydrogens is 520 g/mol. The summed E-state index contributed by atoms with van der Waals surface area (Å²) in [4.78, 5) is 52.5. The van der Waals surface area contributed by atoms with E-state index < -0.39 is 58.0 Å². The molecule has 0 aromatic heterocycles. The number of carbonyl (C=O) groups excluding carboxylic acids is 4. The summed E-state index contributed by atoms with van der Waals surface area (Å²) in [6, 6.07) is 6.77. The molecule has 40 heavy (non-hydrogen) atoms. The van der Waals surface area contributed by atoms with E-state index in [2.05, 4.69) is 0 Å². The third kappa shape index (κ3) is 3.58. The summed E-state index contributed by atoms with van der Waals surface area (Å²) in [7, 11) is 4.57. The number of ketones is 2. The van der Waals surface area contributed by atoms with E-state index in [1.54, 1.807) is 38.4 Å². The summed E-state index contributed by atoms with van der Waals surface area (Å²) < 4.78 is 5.22. The Kier molecular flexibility index (Phi) is 6.31. The van der Waals surface area contributed by atoms with Crippen LogP contribution in [0.2, 0.25) is 0 Å². The number of hydrogen-bond acceptors (Lipinski definition) is 10. The second-order valence-corrected chi connectivity index (χ2v) is 10.5. The number of aliphatic hydroxyl groups is 3. The van der Waals surface area contributed by atoms with Gasteiger partial charge in [0.25, 0.3) is 5.91 Å². The van der Waals surface area contributed by atoms with Crippen molar-refractivity contribution in [3.05, 3.63) is 69.7 Å². The summed E-state index contributed by atoms with van der Waals surface area (Å²) in [5.74, 6) is -6.75. The Balaban J connectivity index is 1.71. The highest BCUT2D eigenvalue weighted by Crippen LogP contribution is 2.53. The minimum absolute atomic E-state index is 0.0247. The molecule has 11 heteroatoms. The van der Waals surface area contributed by atoms with Crippen molar-refractivity contribution in [2.45, 2.75) is 24.5 Å². The van der Waals surface area contributed by atoms with Gasteiger partial charge in [0.2, 0.25) is 5.78 Å². The highest BCUT2D eigenvalue weighted by Gasteiger charge is 2.63. The average molecular weight is 549 g/mol. The van der Waals surface area contributed by atoms with Gasteiger partial charge in [-0.25, -0.2) is 0 Å². The second-order valence-electron chi connectivity index (χ2n) is 10.5. The molecule has 2 aromatic carbocycles. The fourth-order valence-electron chi connectivity index (χ4n) is 6.52. The Morgan fingerprint density at radius 2 is 1.85 bits per heavy atom. The number of aldehydes is 1. The molecule has 0 heterocycles. The van der Waals surface area contributed by atoms with Gasteiger partial charge in [0.1, 0.15) is 28.6 Å². The highest BCUT2D eigenvalue weighted by molar-refractivity contribution is 6.25. The van der Waals surface area contributed by atoms with Gasteiger partial charge in [-0.1, -0.05) is 12.1 Å². The number of aromatic hydroxyl groups is 1. The SMILES string of the molecule is COc1ccc(-c2ccc(O)c3c2C[C@@H]2C[C@@H]4[C@@H](N(C)C)C(O)=C(C(N)=O)C(=O)[C@]4(O)C(O)=C2C3=O)cc1C=O. The minimum atomic E-state index is -2.70. The van der Waals surface area contributed by atoms with Crippen molar-refractivity contribution in [1.82, 2.24) is 4.90 Å². The average Bonchev–Trinajstić information content (AvgIpc) is 2.90. The number of phenolic OH excluding ortho intramolecular Hbond substituents is 1. The molecule has 2 aromatic rings. The topological polar surface area (TPSA) is 188 Å². The molecule has 0 fully saturated rings. The normalized spacial score (nSPS) is 25.9. The van der Waals surface area contributed by atoms with Crippen molar-refractivity contribution in [2.75, 3.05) is 21.2 Å². The van der Waals surface area contributed by atoms with Gasteiger partial charge in [0.15, 0.2) is 17.7 Å². The molecule has 0 radical (unpaired) electrons. The molecule has 208 valence electrons. The van der Waals surface area contributed by atoms with Crippen LogP contribution in [0.5, 0.6) is 11.5 Å². The number of amides is 1. The number of likely N-dealkylation sites (N-methyl/N-ethyl adjacent to an activating group) is 1. The van der Waals surface area contributed by atoms with Crippen LogP contribution in [-0.2, 0) is 16.0 Å². The molecule has 3 aliphatic carbocycles. The van der Waals surface area contributed by atoms with Crippen LogP contribution in [0.1, 0.15) is 32.7 Å².